The maximum atomic E-state index is 12.0. The van der Waals surface area contributed by atoms with Gasteiger partial charge in [0, 0.05) is 11.2 Å². The summed E-state index contributed by atoms with van der Waals surface area (Å²) in [6.45, 7) is 4.18. The van der Waals surface area contributed by atoms with Crippen molar-refractivity contribution in [3.05, 3.63) is 34.2 Å². The van der Waals surface area contributed by atoms with Crippen LogP contribution >= 0.6 is 23.4 Å². The molecule has 0 fully saturated rings. The number of fused-ring (bicyclic) bond motifs is 1. The summed E-state index contributed by atoms with van der Waals surface area (Å²) in [6.07, 6.45) is 0. The summed E-state index contributed by atoms with van der Waals surface area (Å²) in [5, 5.41) is 2.13. The van der Waals surface area contributed by atoms with E-state index in [1.807, 2.05) is 6.07 Å². The zero-order valence-electron chi connectivity index (χ0n) is 9.60. The van der Waals surface area contributed by atoms with E-state index in [0.29, 0.717) is 16.0 Å². The molecule has 1 aliphatic rings. The monoisotopic (exact) mass is 288 g/mol. The number of sulfone groups is 1. The van der Waals surface area contributed by atoms with Crippen LogP contribution in [0.4, 0.5) is 0 Å². The van der Waals surface area contributed by atoms with Crippen molar-refractivity contribution in [3.63, 3.8) is 0 Å². The molecule has 2 rings (SSSR count). The quantitative estimate of drug-likeness (QED) is 0.852. The fraction of sp³-hybridized carbons (Fsp3) is 0.333. The molecule has 17 heavy (non-hydrogen) atoms. The van der Waals surface area contributed by atoms with Crippen LogP contribution in [0, 0.1) is 0 Å². The molecule has 0 radical (unpaired) electrons. The first-order valence-corrected chi connectivity index (χ1v) is 8.25. The van der Waals surface area contributed by atoms with Crippen LogP contribution in [0.25, 0.3) is 5.57 Å². The van der Waals surface area contributed by atoms with Crippen LogP contribution in [0.3, 0.4) is 0 Å². The van der Waals surface area contributed by atoms with Crippen molar-refractivity contribution < 1.29 is 8.42 Å². The molecule has 0 atom stereocenters. The molecular weight excluding hydrogens is 276 g/mol. The van der Waals surface area contributed by atoms with Crippen LogP contribution in [0.15, 0.2) is 28.5 Å². The van der Waals surface area contributed by atoms with E-state index in [4.69, 9.17) is 11.6 Å². The summed E-state index contributed by atoms with van der Waals surface area (Å²) in [5.74, 6) is 0.699. The van der Waals surface area contributed by atoms with Crippen molar-refractivity contribution in [1.82, 2.24) is 0 Å². The van der Waals surface area contributed by atoms with Gasteiger partial charge in [-0.1, -0.05) is 37.6 Å². The van der Waals surface area contributed by atoms with Crippen LogP contribution in [0.1, 0.15) is 19.4 Å². The van der Waals surface area contributed by atoms with Gasteiger partial charge in [-0.25, -0.2) is 8.42 Å². The summed E-state index contributed by atoms with van der Waals surface area (Å²) < 4.78 is 23.9. The van der Waals surface area contributed by atoms with E-state index in [1.54, 1.807) is 23.9 Å². The van der Waals surface area contributed by atoms with Crippen LogP contribution in [-0.2, 0) is 9.84 Å². The maximum Gasteiger partial charge on any atom is 0.202 e. The molecule has 92 valence electrons. The molecule has 1 aliphatic heterocycles. The van der Waals surface area contributed by atoms with Crippen LogP contribution in [0.5, 0.6) is 0 Å². The van der Waals surface area contributed by atoms with E-state index in [2.05, 4.69) is 13.8 Å². The summed E-state index contributed by atoms with van der Waals surface area (Å²) in [5.41, 5.74) is 1.60. The lowest BCUT2D eigenvalue weighted by atomic mass is 10.1. The van der Waals surface area contributed by atoms with Crippen molar-refractivity contribution in [2.45, 2.75) is 24.0 Å². The zero-order chi connectivity index (χ0) is 12.6. The lowest BCUT2D eigenvalue weighted by Crippen LogP contribution is -1.94. The Labute approximate surface area is 111 Å². The minimum Gasteiger partial charge on any atom is -0.219 e. The normalized spacial score (nSPS) is 17.1. The van der Waals surface area contributed by atoms with Crippen LogP contribution in [-0.4, -0.2) is 19.4 Å². The number of hydrogen-bond acceptors (Lipinski definition) is 3. The molecule has 0 bridgehead atoms. The summed E-state index contributed by atoms with van der Waals surface area (Å²) in [6, 6.07) is 5.22. The third kappa shape index (κ3) is 2.54. The summed E-state index contributed by atoms with van der Waals surface area (Å²) >= 11 is 7.69. The minimum atomic E-state index is -3.34. The Morgan fingerprint density at radius 1 is 1.35 bits per heavy atom. The highest BCUT2D eigenvalue weighted by Gasteiger charge is 2.29. The van der Waals surface area contributed by atoms with E-state index >= 15 is 0 Å². The van der Waals surface area contributed by atoms with Gasteiger partial charge in [0.2, 0.25) is 9.84 Å². The fourth-order valence-electron chi connectivity index (χ4n) is 1.73. The van der Waals surface area contributed by atoms with Gasteiger partial charge in [-0.05, 0) is 22.5 Å². The van der Waals surface area contributed by atoms with Crippen molar-refractivity contribution in [3.8, 4) is 0 Å². The lowest BCUT2D eigenvalue weighted by Gasteiger charge is -2.07. The van der Waals surface area contributed by atoms with Crippen molar-refractivity contribution in [2.24, 2.45) is 0 Å². The van der Waals surface area contributed by atoms with Gasteiger partial charge in [0.05, 0.1) is 9.92 Å². The first-order chi connectivity index (χ1) is 7.92. The Hall–Kier alpha value is -0.450. The Bertz CT molecular complexity index is 574. The largest absolute Gasteiger partial charge is 0.219 e. The number of hydrogen-bond donors (Lipinski definition) is 0. The Morgan fingerprint density at radius 2 is 2.06 bits per heavy atom. The molecule has 5 heteroatoms. The third-order valence-corrected chi connectivity index (χ3v) is 5.64. The van der Waals surface area contributed by atoms with E-state index in [1.165, 1.54) is 5.41 Å². The second-order valence-electron chi connectivity index (χ2n) is 4.16. The summed E-state index contributed by atoms with van der Waals surface area (Å²) in [4.78, 5) is 0.265. The first kappa shape index (κ1) is 13.0. The number of thioether (sulfide) groups is 1. The molecule has 0 spiro atoms. The molecule has 1 aromatic carbocycles. The molecule has 0 aliphatic carbocycles. The van der Waals surface area contributed by atoms with E-state index in [-0.39, 0.29) is 4.90 Å². The van der Waals surface area contributed by atoms with Crippen molar-refractivity contribution in [1.29, 1.82) is 0 Å². The van der Waals surface area contributed by atoms with Crippen LogP contribution < -0.4 is 0 Å². The minimum absolute atomic E-state index is 0.265. The predicted octanol–water partition coefficient (Wildman–Crippen LogP) is 3.61. The van der Waals surface area contributed by atoms with Gasteiger partial charge in [0.25, 0.3) is 0 Å². The highest BCUT2D eigenvalue weighted by Crippen LogP contribution is 2.39. The second kappa shape index (κ2) is 4.67. The van der Waals surface area contributed by atoms with Gasteiger partial charge in [0.1, 0.15) is 0 Å². The highest BCUT2D eigenvalue weighted by molar-refractivity contribution is 8.00. The molecule has 0 unspecified atom stereocenters. The Kier molecular flexibility index (Phi) is 3.57. The third-order valence-electron chi connectivity index (χ3n) is 2.47. The van der Waals surface area contributed by atoms with Gasteiger partial charge >= 0.3 is 0 Å². The van der Waals surface area contributed by atoms with Gasteiger partial charge < -0.3 is 0 Å². The highest BCUT2D eigenvalue weighted by atomic mass is 35.5. The fourth-order valence-corrected chi connectivity index (χ4v) is 4.63. The molecule has 0 saturated carbocycles. The Balaban J connectivity index is 2.44. The maximum absolute atomic E-state index is 12.0. The van der Waals surface area contributed by atoms with Crippen LogP contribution in [0.2, 0.25) is 5.02 Å². The molecule has 0 N–H and O–H groups in total. The predicted molar refractivity (Wildman–Crippen MR) is 74.2 cm³/mol. The second-order valence-corrected chi connectivity index (χ2v) is 7.87. The van der Waals surface area contributed by atoms with E-state index < -0.39 is 9.84 Å². The standard InChI is InChI=1S/C12H13ClO2S2/c1-8(2)16-6-9-7-17(14,15)12-10(9)4-3-5-11(12)13/h3-5,7-8H,6H2,1-2H3. The molecular formula is C12H13ClO2S2. The van der Waals surface area contributed by atoms with E-state index in [0.717, 1.165) is 11.1 Å². The molecule has 1 heterocycles. The molecule has 0 amide bonds. The van der Waals surface area contributed by atoms with Crippen molar-refractivity contribution >= 4 is 38.8 Å². The SMILES string of the molecule is CC(C)SCC1=CS(=O)(=O)c2c(Cl)cccc21. The van der Waals surface area contributed by atoms with Gasteiger partial charge in [-0.2, -0.15) is 11.8 Å². The van der Waals surface area contributed by atoms with Gasteiger partial charge in [-0.15, -0.1) is 0 Å². The molecule has 0 aromatic heterocycles. The zero-order valence-corrected chi connectivity index (χ0v) is 12.0. The van der Waals surface area contributed by atoms with Gasteiger partial charge in [-0.3, -0.25) is 0 Å². The van der Waals surface area contributed by atoms with Gasteiger partial charge in [0.15, 0.2) is 0 Å². The number of benzene rings is 1. The number of halogens is 1. The summed E-state index contributed by atoms with van der Waals surface area (Å²) in [7, 11) is -3.34. The lowest BCUT2D eigenvalue weighted by molar-refractivity contribution is 0.605. The Morgan fingerprint density at radius 3 is 2.71 bits per heavy atom. The molecule has 2 nitrogen and oxygen atoms in total. The van der Waals surface area contributed by atoms with Crippen molar-refractivity contribution in [2.75, 3.05) is 5.75 Å². The molecule has 1 aromatic rings. The number of rotatable bonds is 3. The molecule has 0 saturated heterocycles. The first-order valence-electron chi connectivity index (χ1n) is 5.28. The smallest absolute Gasteiger partial charge is 0.202 e. The van der Waals surface area contributed by atoms with E-state index in [9.17, 15) is 8.42 Å². The topological polar surface area (TPSA) is 34.1 Å². The average molecular weight is 289 g/mol. The average Bonchev–Trinajstić information content (AvgIpc) is 2.49.